The molecule has 0 unspecified atom stereocenters. The van der Waals surface area contributed by atoms with Gasteiger partial charge in [-0.25, -0.2) is 0 Å². The number of pyridine rings is 1. The number of furan rings is 1. The molecule has 0 N–H and O–H groups in total. The van der Waals surface area contributed by atoms with Gasteiger partial charge in [-0.05, 0) is 17.5 Å². The molecule has 0 atom stereocenters. The molecule has 0 saturated heterocycles. The lowest BCUT2D eigenvalue weighted by Gasteiger charge is -2.02. The Morgan fingerprint density at radius 2 is 2.17 bits per heavy atom. The van der Waals surface area contributed by atoms with E-state index in [1.165, 1.54) is 5.56 Å². The zero-order chi connectivity index (χ0) is 8.55. The highest BCUT2D eigenvalue weighted by Gasteiger charge is 2.02. The van der Waals surface area contributed by atoms with Crippen molar-refractivity contribution in [3.8, 4) is 0 Å². The first-order valence-corrected chi connectivity index (χ1v) is 4.09. The summed E-state index contributed by atoms with van der Waals surface area (Å²) in [5.41, 5.74) is 2.18. The molecule has 0 aliphatic heterocycles. The Labute approximate surface area is 71.2 Å². The minimum atomic E-state index is 0.525. The van der Waals surface area contributed by atoms with Crippen molar-refractivity contribution in [2.75, 3.05) is 0 Å². The van der Waals surface area contributed by atoms with E-state index >= 15 is 0 Å². The van der Waals surface area contributed by atoms with Gasteiger partial charge < -0.3 is 4.42 Å². The van der Waals surface area contributed by atoms with Crippen molar-refractivity contribution in [2.24, 2.45) is 0 Å². The van der Waals surface area contributed by atoms with Gasteiger partial charge in [0.05, 0.1) is 6.26 Å². The third kappa shape index (κ3) is 1.09. The number of fused-ring (bicyclic) bond motifs is 1. The predicted molar refractivity (Wildman–Crippen MR) is 48.1 cm³/mol. The van der Waals surface area contributed by atoms with Gasteiger partial charge in [-0.15, -0.1) is 0 Å². The lowest BCUT2D eigenvalue weighted by atomic mass is 10.1. The molecule has 2 heteroatoms. The number of rotatable bonds is 1. The molecule has 0 spiro atoms. The van der Waals surface area contributed by atoms with E-state index in [0.717, 1.165) is 10.9 Å². The number of hydrogen-bond donors (Lipinski definition) is 0. The minimum absolute atomic E-state index is 0.525. The van der Waals surface area contributed by atoms with Crippen molar-refractivity contribution in [1.82, 2.24) is 4.98 Å². The fraction of sp³-hybridized carbons (Fsp3) is 0.300. The van der Waals surface area contributed by atoms with Crippen molar-refractivity contribution < 1.29 is 4.42 Å². The average molecular weight is 161 g/mol. The summed E-state index contributed by atoms with van der Waals surface area (Å²) in [7, 11) is 0. The molecule has 0 aliphatic rings. The fourth-order valence-electron chi connectivity index (χ4n) is 1.19. The summed E-state index contributed by atoms with van der Waals surface area (Å²) in [6, 6.07) is 2.12. The molecule has 2 heterocycles. The summed E-state index contributed by atoms with van der Waals surface area (Å²) < 4.78 is 5.04. The van der Waals surface area contributed by atoms with Crippen LogP contribution in [0.2, 0.25) is 0 Å². The SMILES string of the molecule is CC(C)c1cnc2cocc2c1. The van der Waals surface area contributed by atoms with Crippen LogP contribution in [-0.2, 0) is 0 Å². The molecule has 0 radical (unpaired) electrons. The van der Waals surface area contributed by atoms with Crippen molar-refractivity contribution in [3.05, 3.63) is 30.4 Å². The Morgan fingerprint density at radius 3 is 2.92 bits per heavy atom. The van der Waals surface area contributed by atoms with Gasteiger partial charge in [0.1, 0.15) is 11.8 Å². The monoisotopic (exact) mass is 161 g/mol. The summed E-state index contributed by atoms with van der Waals surface area (Å²) in [5, 5.41) is 1.08. The second kappa shape index (κ2) is 2.63. The van der Waals surface area contributed by atoms with Crippen LogP contribution >= 0.6 is 0 Å². The normalized spacial score (nSPS) is 11.2. The standard InChI is InChI=1S/C10H11NO/c1-7(2)8-3-9-5-12-6-10(9)11-4-8/h3-7H,1-2H3. The van der Waals surface area contributed by atoms with Gasteiger partial charge in [-0.2, -0.15) is 0 Å². The Kier molecular flexibility index (Phi) is 1.61. The summed E-state index contributed by atoms with van der Waals surface area (Å²) in [6.45, 7) is 4.31. The van der Waals surface area contributed by atoms with Crippen LogP contribution in [0.5, 0.6) is 0 Å². The molecule has 2 aromatic rings. The molecular weight excluding hydrogens is 150 g/mol. The van der Waals surface area contributed by atoms with E-state index in [-0.39, 0.29) is 0 Å². The van der Waals surface area contributed by atoms with Crippen LogP contribution in [0.25, 0.3) is 10.9 Å². The number of aromatic nitrogens is 1. The lowest BCUT2D eigenvalue weighted by Crippen LogP contribution is -1.87. The third-order valence-electron chi connectivity index (χ3n) is 2.01. The lowest BCUT2D eigenvalue weighted by molar-refractivity contribution is 0.572. The van der Waals surface area contributed by atoms with Crippen LogP contribution in [0.1, 0.15) is 25.3 Å². The molecule has 0 bridgehead atoms. The first-order chi connectivity index (χ1) is 5.77. The molecule has 2 nitrogen and oxygen atoms in total. The van der Waals surface area contributed by atoms with Crippen LogP contribution < -0.4 is 0 Å². The molecule has 0 fully saturated rings. The predicted octanol–water partition coefficient (Wildman–Crippen LogP) is 2.95. The Morgan fingerprint density at radius 1 is 1.33 bits per heavy atom. The largest absolute Gasteiger partial charge is 0.470 e. The first-order valence-electron chi connectivity index (χ1n) is 4.09. The third-order valence-corrected chi connectivity index (χ3v) is 2.01. The average Bonchev–Trinajstić information content (AvgIpc) is 2.49. The van der Waals surface area contributed by atoms with Crippen molar-refractivity contribution in [2.45, 2.75) is 19.8 Å². The zero-order valence-corrected chi connectivity index (χ0v) is 7.24. The highest BCUT2D eigenvalue weighted by atomic mass is 16.3. The molecule has 0 aromatic carbocycles. The number of hydrogen-bond acceptors (Lipinski definition) is 2. The van der Waals surface area contributed by atoms with Gasteiger partial charge in [-0.3, -0.25) is 4.98 Å². The molecule has 62 valence electrons. The van der Waals surface area contributed by atoms with Gasteiger partial charge in [-0.1, -0.05) is 13.8 Å². The molecule has 0 aliphatic carbocycles. The highest BCUT2D eigenvalue weighted by molar-refractivity contribution is 5.77. The molecule has 0 saturated carbocycles. The van der Waals surface area contributed by atoms with E-state index in [0.29, 0.717) is 5.92 Å². The molecule has 12 heavy (non-hydrogen) atoms. The fourth-order valence-corrected chi connectivity index (χ4v) is 1.19. The van der Waals surface area contributed by atoms with Crippen LogP contribution in [0.15, 0.2) is 29.2 Å². The van der Waals surface area contributed by atoms with Crippen molar-refractivity contribution in [3.63, 3.8) is 0 Å². The van der Waals surface area contributed by atoms with Crippen molar-refractivity contribution in [1.29, 1.82) is 0 Å². The van der Waals surface area contributed by atoms with Crippen LogP contribution in [0.3, 0.4) is 0 Å². The maximum absolute atomic E-state index is 5.04. The summed E-state index contributed by atoms with van der Waals surface area (Å²) in [5.74, 6) is 0.525. The second-order valence-corrected chi connectivity index (χ2v) is 3.27. The zero-order valence-electron chi connectivity index (χ0n) is 7.24. The van der Waals surface area contributed by atoms with E-state index in [1.54, 1.807) is 12.5 Å². The van der Waals surface area contributed by atoms with Gasteiger partial charge in [0.25, 0.3) is 0 Å². The summed E-state index contributed by atoms with van der Waals surface area (Å²) in [6.07, 6.45) is 5.30. The quantitative estimate of drug-likeness (QED) is 0.642. The second-order valence-electron chi connectivity index (χ2n) is 3.27. The number of nitrogens with zero attached hydrogens (tertiary/aromatic N) is 1. The molecule has 0 amide bonds. The van der Waals surface area contributed by atoms with Crippen LogP contribution in [0.4, 0.5) is 0 Å². The van der Waals surface area contributed by atoms with E-state index in [2.05, 4.69) is 24.9 Å². The van der Waals surface area contributed by atoms with E-state index in [4.69, 9.17) is 4.42 Å². The first kappa shape index (κ1) is 7.35. The van der Waals surface area contributed by atoms with E-state index in [9.17, 15) is 0 Å². The topological polar surface area (TPSA) is 26.0 Å². The van der Waals surface area contributed by atoms with Gasteiger partial charge >= 0.3 is 0 Å². The Balaban J connectivity index is 2.60. The minimum Gasteiger partial charge on any atom is -0.470 e. The molecule has 2 aromatic heterocycles. The van der Waals surface area contributed by atoms with Gasteiger partial charge in [0, 0.05) is 11.6 Å². The van der Waals surface area contributed by atoms with E-state index in [1.807, 2.05) is 6.20 Å². The Hall–Kier alpha value is -1.31. The summed E-state index contributed by atoms with van der Waals surface area (Å²) in [4.78, 5) is 4.27. The smallest absolute Gasteiger partial charge is 0.117 e. The highest BCUT2D eigenvalue weighted by Crippen LogP contribution is 2.19. The van der Waals surface area contributed by atoms with Crippen LogP contribution in [-0.4, -0.2) is 4.98 Å². The Bertz CT molecular complexity index is 389. The van der Waals surface area contributed by atoms with Crippen molar-refractivity contribution >= 4 is 10.9 Å². The van der Waals surface area contributed by atoms with Crippen LogP contribution in [0, 0.1) is 0 Å². The van der Waals surface area contributed by atoms with Gasteiger partial charge in [0.15, 0.2) is 0 Å². The maximum Gasteiger partial charge on any atom is 0.117 e. The van der Waals surface area contributed by atoms with E-state index < -0.39 is 0 Å². The maximum atomic E-state index is 5.04. The summed E-state index contributed by atoms with van der Waals surface area (Å²) >= 11 is 0. The van der Waals surface area contributed by atoms with Gasteiger partial charge in [0.2, 0.25) is 0 Å². The molecule has 2 rings (SSSR count). The molecular formula is C10H11NO.